The Kier molecular flexibility index (Phi) is 4.42. The molecule has 5 nitrogen and oxygen atoms in total. The molecule has 4 heterocycles. The van der Waals surface area contributed by atoms with E-state index in [0.717, 1.165) is 19.5 Å². The zero-order valence-corrected chi connectivity index (χ0v) is 17.4. The summed E-state index contributed by atoms with van der Waals surface area (Å²) in [5.41, 5.74) is 6.45. The molecule has 2 aromatic carbocycles. The van der Waals surface area contributed by atoms with E-state index in [9.17, 15) is 4.79 Å². The topological polar surface area (TPSA) is 56.8 Å². The summed E-state index contributed by atoms with van der Waals surface area (Å²) in [4.78, 5) is 20.9. The average Bonchev–Trinajstić information content (AvgIpc) is 3.46. The number of rotatable bonds is 5. The number of aromatic amines is 2. The molecule has 0 aliphatic carbocycles. The van der Waals surface area contributed by atoms with Gasteiger partial charge in [0, 0.05) is 54.0 Å². The van der Waals surface area contributed by atoms with Gasteiger partial charge in [0.05, 0.1) is 5.69 Å². The van der Waals surface area contributed by atoms with Crippen LogP contribution in [0.1, 0.15) is 24.8 Å². The largest absolute Gasteiger partial charge is 0.354 e. The van der Waals surface area contributed by atoms with Gasteiger partial charge in [-0.2, -0.15) is 0 Å². The smallest absolute Gasteiger partial charge is 0.325 e. The molecule has 1 saturated heterocycles. The maximum Gasteiger partial charge on any atom is 0.325 e. The first-order valence-corrected chi connectivity index (χ1v) is 11.1. The van der Waals surface area contributed by atoms with Crippen LogP contribution < -0.4 is 5.69 Å². The highest BCUT2D eigenvalue weighted by atomic mass is 16.1. The highest BCUT2D eigenvalue weighted by Gasteiger charge is 2.37. The number of aromatic nitrogens is 3. The minimum atomic E-state index is -0.0214. The number of imidazole rings is 1. The molecular formula is C26H26N4O. The number of hydrogen-bond acceptors (Lipinski definition) is 2. The first-order chi connectivity index (χ1) is 15.3. The van der Waals surface area contributed by atoms with Crippen LogP contribution in [0.15, 0.2) is 77.9 Å². The zero-order chi connectivity index (χ0) is 20.8. The second-order valence-corrected chi connectivity index (χ2v) is 8.68. The third-order valence-electron chi connectivity index (χ3n) is 6.95. The summed E-state index contributed by atoms with van der Waals surface area (Å²) in [6, 6.07) is 20.3. The van der Waals surface area contributed by atoms with E-state index in [-0.39, 0.29) is 5.69 Å². The zero-order valence-electron chi connectivity index (χ0n) is 17.4. The van der Waals surface area contributed by atoms with Crippen LogP contribution >= 0.6 is 0 Å². The molecule has 2 aliphatic rings. The second kappa shape index (κ2) is 7.43. The lowest BCUT2D eigenvalue weighted by molar-refractivity contribution is 0.203. The highest BCUT2D eigenvalue weighted by Crippen LogP contribution is 2.43. The molecule has 156 valence electrons. The second-order valence-electron chi connectivity index (χ2n) is 8.68. The van der Waals surface area contributed by atoms with Gasteiger partial charge >= 0.3 is 5.69 Å². The predicted molar refractivity (Wildman–Crippen MR) is 125 cm³/mol. The molecule has 6 rings (SSSR count). The Labute approximate surface area is 181 Å². The molecule has 2 unspecified atom stereocenters. The summed E-state index contributed by atoms with van der Waals surface area (Å²) in [5, 5.41) is 1.30. The Balaban J connectivity index is 1.37. The predicted octanol–water partition coefficient (Wildman–Crippen LogP) is 4.65. The van der Waals surface area contributed by atoms with Crippen molar-refractivity contribution in [1.29, 1.82) is 0 Å². The van der Waals surface area contributed by atoms with Crippen molar-refractivity contribution in [1.82, 2.24) is 19.4 Å². The Hall–Kier alpha value is -3.31. The fraction of sp³-hybridized carbons (Fsp3) is 0.269. The van der Waals surface area contributed by atoms with E-state index in [1.807, 2.05) is 6.20 Å². The summed E-state index contributed by atoms with van der Waals surface area (Å²) in [6.07, 6.45) is 9.52. The standard InChI is InChI=1S/C26H26N4O/c31-26-27-12-13-29(26)14-15-30-20-10-11-21(30)17-19(16-20)24-22-8-4-5-9-23(22)28-25(24)18-6-2-1-3-7-18/h1-9,12-13,16,20-21,28H,10-11,14-15,17H2,(H,27,31). The Bertz CT molecular complexity index is 1310. The fourth-order valence-electron chi connectivity index (χ4n) is 5.50. The number of H-pyrrole nitrogens is 2. The highest BCUT2D eigenvalue weighted by molar-refractivity contribution is 6.00. The van der Waals surface area contributed by atoms with Gasteiger partial charge < -0.3 is 9.97 Å². The van der Waals surface area contributed by atoms with Gasteiger partial charge in [0.1, 0.15) is 0 Å². The van der Waals surface area contributed by atoms with Gasteiger partial charge in [0.2, 0.25) is 0 Å². The Morgan fingerprint density at radius 1 is 0.968 bits per heavy atom. The number of benzene rings is 2. The van der Waals surface area contributed by atoms with Gasteiger partial charge in [-0.15, -0.1) is 0 Å². The first-order valence-electron chi connectivity index (χ1n) is 11.1. The average molecular weight is 411 g/mol. The number of para-hydroxylation sites is 1. The maximum absolute atomic E-state index is 11.8. The molecule has 2 aromatic heterocycles. The van der Waals surface area contributed by atoms with Gasteiger partial charge in [-0.3, -0.25) is 9.47 Å². The van der Waals surface area contributed by atoms with Gasteiger partial charge in [0.15, 0.2) is 0 Å². The first kappa shape index (κ1) is 18.5. The van der Waals surface area contributed by atoms with Gasteiger partial charge in [0.25, 0.3) is 0 Å². The molecule has 0 radical (unpaired) electrons. The summed E-state index contributed by atoms with van der Waals surface area (Å²) in [5.74, 6) is 0. The Morgan fingerprint density at radius 2 is 1.81 bits per heavy atom. The molecule has 2 atom stereocenters. The maximum atomic E-state index is 11.8. The van der Waals surface area contributed by atoms with Crippen LogP contribution in [0.3, 0.4) is 0 Å². The van der Waals surface area contributed by atoms with Crippen LogP contribution in [0.2, 0.25) is 0 Å². The number of fused-ring (bicyclic) bond motifs is 3. The molecule has 0 amide bonds. The van der Waals surface area contributed by atoms with Crippen molar-refractivity contribution in [3.8, 4) is 11.3 Å². The van der Waals surface area contributed by atoms with Crippen molar-refractivity contribution < 1.29 is 0 Å². The van der Waals surface area contributed by atoms with Crippen LogP contribution in [0.5, 0.6) is 0 Å². The Morgan fingerprint density at radius 3 is 2.61 bits per heavy atom. The van der Waals surface area contributed by atoms with Gasteiger partial charge in [-0.1, -0.05) is 54.6 Å². The van der Waals surface area contributed by atoms with Crippen LogP contribution in [-0.2, 0) is 6.54 Å². The quantitative estimate of drug-likeness (QED) is 0.503. The molecule has 2 N–H and O–H groups in total. The van der Waals surface area contributed by atoms with Crippen molar-refractivity contribution in [2.45, 2.75) is 37.9 Å². The molecule has 4 aromatic rings. The fourth-order valence-corrected chi connectivity index (χ4v) is 5.50. The number of nitrogens with zero attached hydrogens (tertiary/aromatic N) is 2. The van der Waals surface area contributed by atoms with E-state index in [0.29, 0.717) is 12.1 Å². The van der Waals surface area contributed by atoms with Gasteiger partial charge in [-0.25, -0.2) is 4.79 Å². The van der Waals surface area contributed by atoms with Crippen LogP contribution in [0, 0.1) is 0 Å². The summed E-state index contributed by atoms with van der Waals surface area (Å²) in [6.45, 7) is 1.65. The molecular weight excluding hydrogens is 384 g/mol. The minimum absolute atomic E-state index is 0.0214. The third-order valence-corrected chi connectivity index (χ3v) is 6.95. The number of hydrogen-bond donors (Lipinski definition) is 2. The van der Waals surface area contributed by atoms with Crippen LogP contribution in [-0.4, -0.2) is 38.1 Å². The lowest BCUT2D eigenvalue weighted by Gasteiger charge is -2.34. The molecule has 0 saturated carbocycles. The lowest BCUT2D eigenvalue weighted by Crippen LogP contribution is -2.41. The molecule has 0 spiro atoms. The van der Waals surface area contributed by atoms with Crippen molar-refractivity contribution in [3.63, 3.8) is 0 Å². The SMILES string of the molecule is O=c1[nH]ccn1CCN1C2C=C(c3c(-c4ccccc4)[nH]c4ccccc34)CC1CC2. The van der Waals surface area contributed by atoms with Crippen LogP contribution in [0.25, 0.3) is 27.7 Å². The third kappa shape index (κ3) is 3.17. The monoisotopic (exact) mass is 410 g/mol. The summed E-state index contributed by atoms with van der Waals surface area (Å²) < 4.78 is 1.77. The van der Waals surface area contributed by atoms with E-state index in [4.69, 9.17) is 0 Å². The van der Waals surface area contributed by atoms with E-state index in [1.165, 1.54) is 46.1 Å². The van der Waals surface area contributed by atoms with E-state index >= 15 is 0 Å². The van der Waals surface area contributed by atoms with E-state index in [2.05, 4.69) is 75.5 Å². The minimum Gasteiger partial charge on any atom is -0.354 e. The molecule has 2 aliphatic heterocycles. The summed E-state index contributed by atoms with van der Waals surface area (Å²) in [7, 11) is 0. The number of nitrogens with one attached hydrogen (secondary N) is 2. The molecule has 31 heavy (non-hydrogen) atoms. The van der Waals surface area contributed by atoms with Crippen molar-refractivity contribution >= 4 is 16.5 Å². The van der Waals surface area contributed by atoms with Gasteiger partial charge in [-0.05, 0) is 36.5 Å². The van der Waals surface area contributed by atoms with E-state index in [1.54, 1.807) is 10.8 Å². The molecule has 2 bridgehead atoms. The van der Waals surface area contributed by atoms with Crippen molar-refractivity contribution in [3.05, 3.63) is 89.1 Å². The van der Waals surface area contributed by atoms with E-state index < -0.39 is 0 Å². The van der Waals surface area contributed by atoms with Crippen molar-refractivity contribution in [2.24, 2.45) is 0 Å². The molecule has 5 heteroatoms. The normalized spacial score (nSPS) is 21.0. The van der Waals surface area contributed by atoms with Crippen LogP contribution in [0.4, 0.5) is 0 Å². The summed E-state index contributed by atoms with van der Waals surface area (Å²) >= 11 is 0. The van der Waals surface area contributed by atoms with Crippen molar-refractivity contribution in [2.75, 3.05) is 6.54 Å². The molecule has 1 fully saturated rings. The lowest BCUT2D eigenvalue weighted by atomic mass is 9.91.